The number of aryl methyl sites for hydroxylation is 1. The highest BCUT2D eigenvalue weighted by Gasteiger charge is 2.22. The van der Waals surface area contributed by atoms with E-state index in [0.717, 1.165) is 41.0 Å². The summed E-state index contributed by atoms with van der Waals surface area (Å²) >= 11 is 7.68. The van der Waals surface area contributed by atoms with Crippen LogP contribution in [-0.4, -0.2) is 69.9 Å². The second kappa shape index (κ2) is 11.3. The Morgan fingerprint density at radius 3 is 2.53 bits per heavy atom. The van der Waals surface area contributed by atoms with E-state index in [4.69, 9.17) is 21.3 Å². The Morgan fingerprint density at radius 1 is 1.21 bits per heavy atom. The average molecular weight is 545 g/mol. The SMILES string of the molecule is Cc1cc(Cl)cc2sc(N(CCN3CCOCC3)C(=O)Cc3ccc(S(C)(=O)=O)cc3)nc12.Cl. The number of carbonyl (C=O) groups is 1. The molecular formula is C23H27Cl2N3O4S2. The first-order valence-electron chi connectivity index (χ1n) is 10.7. The Hall–Kier alpha value is -1.75. The molecule has 1 aromatic heterocycles. The maximum atomic E-state index is 13.4. The fourth-order valence-electron chi connectivity index (χ4n) is 3.78. The first kappa shape index (κ1) is 26.8. The van der Waals surface area contributed by atoms with Gasteiger partial charge in [-0.3, -0.25) is 14.6 Å². The fraction of sp³-hybridized carbons (Fsp3) is 0.391. The molecule has 34 heavy (non-hydrogen) atoms. The molecule has 2 heterocycles. The Morgan fingerprint density at radius 2 is 1.88 bits per heavy atom. The monoisotopic (exact) mass is 543 g/mol. The van der Waals surface area contributed by atoms with Crippen LogP contribution in [0.15, 0.2) is 41.3 Å². The standard InChI is InChI=1S/C23H26ClN3O4S2.ClH/c1-16-13-18(24)15-20-22(16)25-23(32-20)27(8-7-26-9-11-31-12-10-26)21(28)14-17-3-5-19(6-4-17)33(2,29)30;/h3-6,13,15H,7-12,14H2,1-2H3;1H. The second-order valence-corrected chi connectivity index (χ2v) is 11.6. The third kappa shape index (κ3) is 6.47. The average Bonchev–Trinajstić information content (AvgIpc) is 3.18. The first-order valence-corrected chi connectivity index (χ1v) is 13.8. The van der Waals surface area contributed by atoms with Crippen LogP contribution in [0.4, 0.5) is 5.13 Å². The minimum atomic E-state index is -3.28. The molecule has 0 radical (unpaired) electrons. The van der Waals surface area contributed by atoms with Gasteiger partial charge in [0, 0.05) is 37.5 Å². The van der Waals surface area contributed by atoms with Crippen LogP contribution in [0.3, 0.4) is 0 Å². The van der Waals surface area contributed by atoms with E-state index in [1.165, 1.54) is 17.6 Å². The molecule has 11 heteroatoms. The van der Waals surface area contributed by atoms with Gasteiger partial charge in [-0.1, -0.05) is 35.1 Å². The molecule has 3 aromatic rings. The lowest BCUT2D eigenvalue weighted by Gasteiger charge is -2.29. The molecule has 0 aliphatic carbocycles. The van der Waals surface area contributed by atoms with Crippen molar-refractivity contribution in [3.05, 3.63) is 52.5 Å². The van der Waals surface area contributed by atoms with Crippen molar-refractivity contribution in [3.63, 3.8) is 0 Å². The maximum absolute atomic E-state index is 13.4. The zero-order chi connectivity index (χ0) is 23.6. The molecule has 184 valence electrons. The van der Waals surface area contributed by atoms with Crippen LogP contribution in [0.2, 0.25) is 5.02 Å². The number of nitrogens with zero attached hydrogens (tertiary/aromatic N) is 3. The molecule has 1 fully saturated rings. The van der Waals surface area contributed by atoms with Gasteiger partial charge in [-0.25, -0.2) is 13.4 Å². The third-order valence-electron chi connectivity index (χ3n) is 5.62. The van der Waals surface area contributed by atoms with Gasteiger partial charge < -0.3 is 4.74 Å². The first-order chi connectivity index (χ1) is 15.7. The zero-order valence-corrected chi connectivity index (χ0v) is 22.2. The van der Waals surface area contributed by atoms with Crippen molar-refractivity contribution in [2.75, 3.05) is 50.5 Å². The number of fused-ring (bicyclic) bond motifs is 1. The smallest absolute Gasteiger partial charge is 0.233 e. The van der Waals surface area contributed by atoms with E-state index in [1.807, 2.05) is 19.1 Å². The van der Waals surface area contributed by atoms with Crippen molar-refractivity contribution in [2.45, 2.75) is 18.2 Å². The number of carbonyl (C=O) groups excluding carboxylic acids is 1. The molecule has 7 nitrogen and oxygen atoms in total. The quantitative estimate of drug-likeness (QED) is 0.448. The van der Waals surface area contributed by atoms with Crippen molar-refractivity contribution in [2.24, 2.45) is 0 Å². The fourth-order valence-corrected chi connectivity index (χ4v) is 5.87. The summed E-state index contributed by atoms with van der Waals surface area (Å²) in [6.45, 7) is 6.25. The number of hydrogen-bond acceptors (Lipinski definition) is 7. The molecule has 0 saturated carbocycles. The minimum Gasteiger partial charge on any atom is -0.379 e. The van der Waals surface area contributed by atoms with Gasteiger partial charge >= 0.3 is 0 Å². The molecule has 0 atom stereocenters. The van der Waals surface area contributed by atoms with Crippen LogP contribution in [0.1, 0.15) is 11.1 Å². The number of rotatable bonds is 7. The number of hydrogen-bond donors (Lipinski definition) is 0. The number of aromatic nitrogens is 1. The Balaban J connectivity index is 0.00000324. The normalized spacial score (nSPS) is 14.7. The van der Waals surface area contributed by atoms with Crippen LogP contribution in [0, 0.1) is 6.92 Å². The molecule has 2 aromatic carbocycles. The predicted octanol–water partition coefficient (Wildman–Crippen LogP) is 3.99. The summed E-state index contributed by atoms with van der Waals surface area (Å²) in [6.07, 6.45) is 1.32. The minimum absolute atomic E-state index is 0. The largest absolute Gasteiger partial charge is 0.379 e. The van der Waals surface area contributed by atoms with Gasteiger partial charge in [0.1, 0.15) is 0 Å². The van der Waals surface area contributed by atoms with E-state index in [-0.39, 0.29) is 29.6 Å². The van der Waals surface area contributed by atoms with E-state index in [0.29, 0.717) is 29.9 Å². The molecule has 0 bridgehead atoms. The van der Waals surface area contributed by atoms with E-state index in [1.54, 1.807) is 29.2 Å². The summed E-state index contributed by atoms with van der Waals surface area (Å²) in [6, 6.07) is 10.2. The van der Waals surface area contributed by atoms with Crippen LogP contribution in [0.25, 0.3) is 10.2 Å². The molecule has 0 N–H and O–H groups in total. The second-order valence-electron chi connectivity index (χ2n) is 8.16. The van der Waals surface area contributed by atoms with Crippen molar-refractivity contribution in [1.82, 2.24) is 9.88 Å². The summed E-state index contributed by atoms with van der Waals surface area (Å²) in [4.78, 5) is 22.4. The Kier molecular flexibility index (Phi) is 8.94. The van der Waals surface area contributed by atoms with Gasteiger partial charge in [0.2, 0.25) is 5.91 Å². The molecule has 1 saturated heterocycles. The number of morpholine rings is 1. The number of ether oxygens (including phenoxy) is 1. The van der Waals surface area contributed by atoms with Crippen LogP contribution in [0.5, 0.6) is 0 Å². The van der Waals surface area contributed by atoms with Crippen molar-refractivity contribution in [1.29, 1.82) is 0 Å². The Labute approximate surface area is 215 Å². The van der Waals surface area contributed by atoms with Gasteiger partial charge in [-0.15, -0.1) is 12.4 Å². The van der Waals surface area contributed by atoms with E-state index >= 15 is 0 Å². The molecule has 1 amide bonds. The number of benzene rings is 2. The molecule has 0 unspecified atom stereocenters. The van der Waals surface area contributed by atoms with Crippen molar-refractivity contribution < 1.29 is 17.9 Å². The summed E-state index contributed by atoms with van der Waals surface area (Å²) < 4.78 is 29.8. The summed E-state index contributed by atoms with van der Waals surface area (Å²) in [5.74, 6) is -0.0850. The van der Waals surface area contributed by atoms with Gasteiger partial charge in [-0.2, -0.15) is 0 Å². The topological polar surface area (TPSA) is 79.8 Å². The van der Waals surface area contributed by atoms with Crippen molar-refractivity contribution >= 4 is 66.4 Å². The Bertz CT molecular complexity index is 1260. The lowest BCUT2D eigenvalue weighted by atomic mass is 10.1. The molecular weight excluding hydrogens is 517 g/mol. The van der Waals surface area contributed by atoms with Crippen LogP contribution in [-0.2, 0) is 25.8 Å². The van der Waals surface area contributed by atoms with Gasteiger partial charge in [0.15, 0.2) is 15.0 Å². The molecule has 1 aliphatic rings. The predicted molar refractivity (Wildman–Crippen MR) is 139 cm³/mol. The van der Waals surface area contributed by atoms with Crippen LogP contribution >= 0.6 is 35.3 Å². The lowest BCUT2D eigenvalue weighted by Crippen LogP contribution is -2.43. The maximum Gasteiger partial charge on any atom is 0.233 e. The summed E-state index contributed by atoms with van der Waals surface area (Å²) in [7, 11) is -3.28. The molecule has 0 spiro atoms. The zero-order valence-electron chi connectivity index (χ0n) is 19.0. The summed E-state index contributed by atoms with van der Waals surface area (Å²) in [5, 5.41) is 1.29. The number of halogens is 2. The highest BCUT2D eigenvalue weighted by atomic mass is 35.5. The number of sulfone groups is 1. The number of anilines is 1. The lowest BCUT2D eigenvalue weighted by molar-refractivity contribution is -0.118. The third-order valence-corrected chi connectivity index (χ3v) is 7.99. The van der Waals surface area contributed by atoms with Crippen molar-refractivity contribution in [3.8, 4) is 0 Å². The number of amides is 1. The number of thiazole rings is 1. The highest BCUT2D eigenvalue weighted by Crippen LogP contribution is 2.33. The molecule has 4 rings (SSSR count). The van der Waals surface area contributed by atoms with E-state index in [9.17, 15) is 13.2 Å². The summed E-state index contributed by atoms with van der Waals surface area (Å²) in [5.41, 5.74) is 2.57. The van der Waals surface area contributed by atoms with Gasteiger partial charge in [0.25, 0.3) is 0 Å². The van der Waals surface area contributed by atoms with E-state index in [2.05, 4.69) is 4.90 Å². The van der Waals surface area contributed by atoms with E-state index < -0.39 is 9.84 Å². The van der Waals surface area contributed by atoms with Gasteiger partial charge in [-0.05, 0) is 42.3 Å². The van der Waals surface area contributed by atoms with Gasteiger partial charge in [0.05, 0.1) is 34.7 Å². The van der Waals surface area contributed by atoms with Crippen LogP contribution < -0.4 is 4.90 Å². The highest BCUT2D eigenvalue weighted by molar-refractivity contribution is 7.90. The molecule has 1 aliphatic heterocycles.